The van der Waals surface area contributed by atoms with Crippen molar-refractivity contribution in [2.45, 2.75) is 6.42 Å². The van der Waals surface area contributed by atoms with Crippen LogP contribution in [0.5, 0.6) is 5.75 Å². The van der Waals surface area contributed by atoms with Crippen molar-refractivity contribution >= 4 is 17.5 Å². The molecule has 0 aliphatic rings. The van der Waals surface area contributed by atoms with Gasteiger partial charge in [0.05, 0.1) is 12.2 Å². The Morgan fingerprint density at radius 1 is 0.852 bits per heavy atom. The van der Waals surface area contributed by atoms with Crippen LogP contribution >= 0.6 is 0 Å². The van der Waals surface area contributed by atoms with Gasteiger partial charge in [0.1, 0.15) is 5.75 Å². The molecule has 27 heavy (non-hydrogen) atoms. The van der Waals surface area contributed by atoms with E-state index >= 15 is 0 Å². The van der Waals surface area contributed by atoms with Crippen LogP contribution in [0.15, 0.2) is 78.9 Å². The minimum atomic E-state index is -0.509. The van der Waals surface area contributed by atoms with Gasteiger partial charge in [-0.25, -0.2) is 0 Å². The second-order valence-corrected chi connectivity index (χ2v) is 5.98. The molecule has 0 aromatic heterocycles. The number of nitrogens with one attached hydrogen (secondary N) is 1. The Morgan fingerprint density at radius 2 is 1.52 bits per heavy atom. The molecule has 5 heteroatoms. The third-order valence-corrected chi connectivity index (χ3v) is 4.05. The van der Waals surface area contributed by atoms with Gasteiger partial charge in [0.25, 0.3) is 5.91 Å². The van der Waals surface area contributed by atoms with Gasteiger partial charge >= 0.3 is 0 Å². The van der Waals surface area contributed by atoms with Crippen molar-refractivity contribution in [3.05, 3.63) is 95.6 Å². The van der Waals surface area contributed by atoms with Gasteiger partial charge in [-0.3, -0.25) is 9.59 Å². The average molecular weight is 360 g/mol. The van der Waals surface area contributed by atoms with Crippen LogP contribution in [-0.2, 0) is 6.42 Å². The number of primary amides is 1. The summed E-state index contributed by atoms with van der Waals surface area (Å²) in [5.74, 6) is -0.262. The number of anilines is 1. The second-order valence-electron chi connectivity index (χ2n) is 5.98. The lowest BCUT2D eigenvalue weighted by atomic mass is 10.1. The predicted octanol–water partition coefficient (Wildman–Crippen LogP) is 3.66. The molecule has 5 nitrogen and oxygen atoms in total. The molecule has 0 saturated heterocycles. The number of hydrogen-bond acceptors (Lipinski definition) is 3. The largest absolute Gasteiger partial charge is 0.492 e. The van der Waals surface area contributed by atoms with Crippen LogP contribution in [0.2, 0.25) is 0 Å². The Balaban J connectivity index is 1.65. The summed E-state index contributed by atoms with van der Waals surface area (Å²) >= 11 is 0. The summed E-state index contributed by atoms with van der Waals surface area (Å²) in [5.41, 5.74) is 7.81. The van der Waals surface area contributed by atoms with Crippen molar-refractivity contribution < 1.29 is 14.3 Å². The van der Waals surface area contributed by atoms with Gasteiger partial charge in [0.2, 0.25) is 5.91 Å². The highest BCUT2D eigenvalue weighted by molar-refractivity contribution is 6.06. The number of hydrogen-bond donors (Lipinski definition) is 2. The molecule has 0 aliphatic heterocycles. The van der Waals surface area contributed by atoms with E-state index in [1.807, 2.05) is 36.4 Å². The molecule has 0 bridgehead atoms. The van der Waals surface area contributed by atoms with Crippen molar-refractivity contribution in [2.24, 2.45) is 5.73 Å². The van der Waals surface area contributed by atoms with Crippen molar-refractivity contribution in [3.63, 3.8) is 0 Å². The average Bonchev–Trinajstić information content (AvgIpc) is 2.69. The predicted molar refractivity (Wildman–Crippen MR) is 105 cm³/mol. The van der Waals surface area contributed by atoms with E-state index in [1.54, 1.807) is 42.5 Å². The first-order valence-electron chi connectivity index (χ1n) is 8.60. The third-order valence-electron chi connectivity index (χ3n) is 4.05. The Bertz CT molecular complexity index is 922. The van der Waals surface area contributed by atoms with Gasteiger partial charge in [0.15, 0.2) is 0 Å². The molecular weight excluding hydrogens is 340 g/mol. The number of amides is 2. The van der Waals surface area contributed by atoms with Crippen LogP contribution < -0.4 is 15.8 Å². The van der Waals surface area contributed by atoms with Crippen molar-refractivity contribution in [3.8, 4) is 5.75 Å². The van der Waals surface area contributed by atoms with Gasteiger partial charge in [-0.1, -0.05) is 42.5 Å². The summed E-state index contributed by atoms with van der Waals surface area (Å²) in [4.78, 5) is 23.7. The molecule has 0 saturated carbocycles. The smallest absolute Gasteiger partial charge is 0.259 e. The van der Waals surface area contributed by atoms with Crippen molar-refractivity contribution in [2.75, 3.05) is 11.9 Å². The van der Waals surface area contributed by atoms with Crippen LogP contribution in [0.4, 0.5) is 5.69 Å². The number of para-hydroxylation sites is 1. The van der Waals surface area contributed by atoms with Crippen LogP contribution in [0, 0.1) is 0 Å². The minimum absolute atomic E-state index is 0.280. The zero-order chi connectivity index (χ0) is 19.1. The Hall–Kier alpha value is -3.60. The Kier molecular flexibility index (Phi) is 5.84. The van der Waals surface area contributed by atoms with E-state index in [-0.39, 0.29) is 5.91 Å². The van der Waals surface area contributed by atoms with Crippen molar-refractivity contribution in [1.29, 1.82) is 0 Å². The molecule has 0 heterocycles. The van der Waals surface area contributed by atoms with Crippen LogP contribution in [0.1, 0.15) is 26.3 Å². The maximum atomic E-state index is 12.6. The first-order valence-corrected chi connectivity index (χ1v) is 8.60. The summed E-state index contributed by atoms with van der Waals surface area (Å²) in [6.07, 6.45) is 0.755. The molecule has 3 N–H and O–H groups in total. The fourth-order valence-electron chi connectivity index (χ4n) is 2.62. The summed E-state index contributed by atoms with van der Waals surface area (Å²) in [6.45, 7) is 0.474. The number of rotatable bonds is 7. The quantitative estimate of drug-likeness (QED) is 0.675. The molecule has 0 unspecified atom stereocenters. The summed E-state index contributed by atoms with van der Waals surface area (Å²) in [7, 11) is 0. The Morgan fingerprint density at radius 3 is 2.22 bits per heavy atom. The van der Waals surface area contributed by atoms with Gasteiger partial charge < -0.3 is 15.8 Å². The maximum absolute atomic E-state index is 12.6. The number of carbonyl (C=O) groups excluding carboxylic acids is 2. The normalized spacial score (nSPS) is 10.2. The molecule has 0 fully saturated rings. The number of nitrogens with two attached hydrogens (primary N) is 1. The first kappa shape index (κ1) is 18.2. The lowest BCUT2D eigenvalue weighted by Gasteiger charge is -2.12. The SMILES string of the molecule is NC(=O)c1ccc(NC(=O)c2ccccc2OCCc2ccccc2)cc1. The molecule has 0 atom stereocenters. The van der Waals surface area contributed by atoms with E-state index in [4.69, 9.17) is 10.5 Å². The van der Waals surface area contributed by atoms with Gasteiger partial charge in [-0.2, -0.15) is 0 Å². The number of carbonyl (C=O) groups is 2. The van der Waals surface area contributed by atoms with E-state index in [1.165, 1.54) is 5.56 Å². The molecule has 136 valence electrons. The highest BCUT2D eigenvalue weighted by atomic mass is 16.5. The maximum Gasteiger partial charge on any atom is 0.259 e. The molecule has 3 aromatic rings. The summed E-state index contributed by atoms with van der Waals surface area (Å²) < 4.78 is 5.83. The number of ether oxygens (including phenoxy) is 1. The topological polar surface area (TPSA) is 81.4 Å². The molecule has 0 radical (unpaired) electrons. The highest BCUT2D eigenvalue weighted by Gasteiger charge is 2.12. The lowest BCUT2D eigenvalue weighted by Crippen LogP contribution is -2.15. The van der Waals surface area contributed by atoms with Crippen LogP contribution in [0.3, 0.4) is 0 Å². The van der Waals surface area contributed by atoms with E-state index < -0.39 is 5.91 Å². The second kappa shape index (κ2) is 8.67. The van der Waals surface area contributed by atoms with Gasteiger partial charge in [0, 0.05) is 17.7 Å². The molecular formula is C22H20N2O3. The summed E-state index contributed by atoms with van der Waals surface area (Å²) in [5, 5.41) is 2.80. The lowest BCUT2D eigenvalue weighted by molar-refractivity contribution is 0.0997. The zero-order valence-corrected chi connectivity index (χ0v) is 14.7. The van der Waals surface area contributed by atoms with Crippen LogP contribution in [0.25, 0.3) is 0 Å². The Labute approximate surface area is 157 Å². The number of benzene rings is 3. The molecule has 0 aliphatic carbocycles. The zero-order valence-electron chi connectivity index (χ0n) is 14.7. The van der Waals surface area contributed by atoms with E-state index in [2.05, 4.69) is 5.32 Å². The third kappa shape index (κ3) is 4.95. The van der Waals surface area contributed by atoms with E-state index in [0.717, 1.165) is 6.42 Å². The summed E-state index contributed by atoms with van der Waals surface area (Å²) in [6, 6.07) is 23.5. The standard InChI is InChI=1S/C22H20N2O3/c23-21(25)17-10-12-18(13-11-17)24-22(26)19-8-4-5-9-20(19)27-15-14-16-6-2-1-3-7-16/h1-13H,14-15H2,(H2,23,25)(H,24,26). The van der Waals surface area contributed by atoms with E-state index in [9.17, 15) is 9.59 Å². The molecule has 3 rings (SSSR count). The van der Waals surface area contributed by atoms with Gasteiger partial charge in [-0.15, -0.1) is 0 Å². The molecule has 0 spiro atoms. The molecule has 2 amide bonds. The fourth-order valence-corrected chi connectivity index (χ4v) is 2.62. The van der Waals surface area contributed by atoms with E-state index in [0.29, 0.717) is 29.2 Å². The first-order chi connectivity index (χ1) is 13.1. The van der Waals surface area contributed by atoms with Gasteiger partial charge in [-0.05, 0) is 42.0 Å². The monoisotopic (exact) mass is 360 g/mol. The molecule has 3 aromatic carbocycles. The van der Waals surface area contributed by atoms with Crippen molar-refractivity contribution in [1.82, 2.24) is 0 Å². The minimum Gasteiger partial charge on any atom is -0.492 e. The fraction of sp³-hybridized carbons (Fsp3) is 0.0909. The highest BCUT2D eigenvalue weighted by Crippen LogP contribution is 2.20. The van der Waals surface area contributed by atoms with Crippen LogP contribution in [-0.4, -0.2) is 18.4 Å².